The Balaban J connectivity index is 2.17. The maximum atomic E-state index is 9.75. The van der Waals surface area contributed by atoms with E-state index in [1.807, 2.05) is 0 Å². The Kier molecular flexibility index (Phi) is 6.17. The van der Waals surface area contributed by atoms with Gasteiger partial charge in [0.2, 0.25) is 0 Å². The Morgan fingerprint density at radius 2 is 2.13 bits per heavy atom. The third kappa shape index (κ3) is 4.93. The van der Waals surface area contributed by atoms with Crippen LogP contribution < -0.4 is 5.32 Å². The van der Waals surface area contributed by atoms with Gasteiger partial charge in [-0.2, -0.15) is 0 Å². The minimum absolute atomic E-state index is 0.266. The summed E-state index contributed by atoms with van der Waals surface area (Å²) in [6, 6.07) is 0.579. The summed E-state index contributed by atoms with van der Waals surface area (Å²) in [7, 11) is 2.09. The highest BCUT2D eigenvalue weighted by Crippen LogP contribution is 2.12. The lowest BCUT2D eigenvalue weighted by molar-refractivity contribution is 0.0258. The first-order valence-corrected chi connectivity index (χ1v) is 5.90. The van der Waals surface area contributed by atoms with Crippen molar-refractivity contribution in [3.63, 3.8) is 0 Å². The van der Waals surface area contributed by atoms with Crippen molar-refractivity contribution in [2.45, 2.75) is 31.9 Å². The Bertz CT molecular complexity index is 161. The van der Waals surface area contributed by atoms with E-state index in [4.69, 9.17) is 4.74 Å². The third-order valence-electron chi connectivity index (χ3n) is 2.94. The second-order valence-corrected chi connectivity index (χ2v) is 4.24. The summed E-state index contributed by atoms with van der Waals surface area (Å²) in [6.45, 7) is 6.12. The second-order valence-electron chi connectivity index (χ2n) is 4.24. The van der Waals surface area contributed by atoms with E-state index in [1.54, 1.807) is 0 Å². The van der Waals surface area contributed by atoms with Crippen LogP contribution in [0.4, 0.5) is 0 Å². The molecule has 2 N–H and O–H groups in total. The van der Waals surface area contributed by atoms with Crippen LogP contribution in [0.1, 0.15) is 19.8 Å². The van der Waals surface area contributed by atoms with Gasteiger partial charge < -0.3 is 20.1 Å². The van der Waals surface area contributed by atoms with Crippen LogP contribution in [0.25, 0.3) is 0 Å². The maximum Gasteiger partial charge on any atom is 0.0791 e. The van der Waals surface area contributed by atoms with Crippen molar-refractivity contribution in [3.8, 4) is 0 Å². The summed E-state index contributed by atoms with van der Waals surface area (Å²) in [4.78, 5) is 2.25. The summed E-state index contributed by atoms with van der Waals surface area (Å²) in [5.74, 6) is 0. The zero-order valence-electron chi connectivity index (χ0n) is 9.91. The minimum atomic E-state index is -0.266. The Hall–Kier alpha value is -0.160. The largest absolute Gasteiger partial charge is 0.390 e. The normalized spacial score (nSPS) is 20.8. The standard InChI is InChI=1S/C11H24N2O2/c1-3-12-8-11(14)9-13(2)10-4-6-15-7-5-10/h10-12,14H,3-9H2,1-2H3. The molecule has 1 aliphatic heterocycles. The lowest BCUT2D eigenvalue weighted by atomic mass is 10.1. The molecule has 1 aliphatic rings. The molecule has 1 heterocycles. The van der Waals surface area contributed by atoms with Gasteiger partial charge in [0, 0.05) is 32.3 Å². The molecule has 1 fully saturated rings. The van der Waals surface area contributed by atoms with Gasteiger partial charge in [0.05, 0.1) is 6.10 Å². The highest BCUT2D eigenvalue weighted by molar-refractivity contribution is 4.74. The molecule has 0 spiro atoms. The van der Waals surface area contributed by atoms with Crippen LogP contribution in [0.5, 0.6) is 0 Å². The van der Waals surface area contributed by atoms with E-state index >= 15 is 0 Å². The predicted octanol–water partition coefficient (Wildman–Crippen LogP) is 0.0676. The number of aliphatic hydroxyl groups excluding tert-OH is 1. The van der Waals surface area contributed by atoms with E-state index in [2.05, 4.69) is 24.2 Å². The van der Waals surface area contributed by atoms with Gasteiger partial charge in [-0.1, -0.05) is 6.92 Å². The van der Waals surface area contributed by atoms with E-state index < -0.39 is 0 Å². The minimum Gasteiger partial charge on any atom is -0.390 e. The topological polar surface area (TPSA) is 44.7 Å². The number of rotatable bonds is 6. The number of likely N-dealkylation sites (N-methyl/N-ethyl adjacent to an activating group) is 2. The first kappa shape index (κ1) is 12.9. The molecule has 0 bridgehead atoms. The van der Waals surface area contributed by atoms with Crippen molar-refractivity contribution in [1.29, 1.82) is 0 Å². The van der Waals surface area contributed by atoms with E-state index in [0.717, 1.165) is 39.1 Å². The predicted molar refractivity (Wildman–Crippen MR) is 61.0 cm³/mol. The van der Waals surface area contributed by atoms with E-state index in [0.29, 0.717) is 12.6 Å². The molecule has 4 nitrogen and oxygen atoms in total. The average molecular weight is 216 g/mol. The second kappa shape index (κ2) is 7.17. The fourth-order valence-electron chi connectivity index (χ4n) is 1.98. The monoisotopic (exact) mass is 216 g/mol. The van der Waals surface area contributed by atoms with E-state index in [-0.39, 0.29) is 6.10 Å². The van der Waals surface area contributed by atoms with Gasteiger partial charge >= 0.3 is 0 Å². The zero-order chi connectivity index (χ0) is 11.1. The lowest BCUT2D eigenvalue weighted by Crippen LogP contribution is -2.43. The van der Waals surface area contributed by atoms with Crippen molar-refractivity contribution in [3.05, 3.63) is 0 Å². The maximum absolute atomic E-state index is 9.75. The number of aliphatic hydroxyl groups is 1. The van der Waals surface area contributed by atoms with Crippen LogP contribution in [0.15, 0.2) is 0 Å². The van der Waals surface area contributed by atoms with Crippen molar-refractivity contribution in [1.82, 2.24) is 10.2 Å². The molecular formula is C11H24N2O2. The highest BCUT2D eigenvalue weighted by atomic mass is 16.5. The van der Waals surface area contributed by atoms with Gasteiger partial charge in [-0.05, 0) is 26.4 Å². The van der Waals surface area contributed by atoms with E-state index in [9.17, 15) is 5.11 Å². The van der Waals surface area contributed by atoms with Gasteiger partial charge in [-0.15, -0.1) is 0 Å². The summed E-state index contributed by atoms with van der Waals surface area (Å²) >= 11 is 0. The molecule has 90 valence electrons. The van der Waals surface area contributed by atoms with Crippen LogP contribution in [0.2, 0.25) is 0 Å². The van der Waals surface area contributed by atoms with Crippen molar-refractivity contribution < 1.29 is 9.84 Å². The summed E-state index contributed by atoms with van der Waals surface area (Å²) in [5, 5.41) is 12.9. The van der Waals surface area contributed by atoms with Crippen LogP contribution in [-0.2, 0) is 4.74 Å². The highest BCUT2D eigenvalue weighted by Gasteiger charge is 2.19. The first-order valence-electron chi connectivity index (χ1n) is 5.90. The molecule has 15 heavy (non-hydrogen) atoms. The van der Waals surface area contributed by atoms with E-state index in [1.165, 1.54) is 0 Å². The lowest BCUT2D eigenvalue weighted by Gasteiger charge is -2.32. The first-order chi connectivity index (χ1) is 7.24. The van der Waals surface area contributed by atoms with Gasteiger partial charge in [0.1, 0.15) is 0 Å². The quantitative estimate of drug-likeness (QED) is 0.659. The molecular weight excluding hydrogens is 192 g/mol. The molecule has 0 aromatic heterocycles. The Morgan fingerprint density at radius 3 is 2.73 bits per heavy atom. The number of ether oxygens (including phenoxy) is 1. The Labute approximate surface area is 92.6 Å². The number of nitrogens with one attached hydrogen (secondary N) is 1. The molecule has 1 saturated heterocycles. The SMILES string of the molecule is CCNCC(O)CN(C)C1CCOCC1. The van der Waals surface area contributed by atoms with Gasteiger partial charge in [0.15, 0.2) is 0 Å². The van der Waals surface area contributed by atoms with Crippen LogP contribution in [-0.4, -0.2) is 62.0 Å². The van der Waals surface area contributed by atoms with Crippen LogP contribution in [0.3, 0.4) is 0 Å². The molecule has 0 aliphatic carbocycles. The van der Waals surface area contributed by atoms with Crippen molar-refractivity contribution in [2.24, 2.45) is 0 Å². The molecule has 4 heteroatoms. The van der Waals surface area contributed by atoms with Gasteiger partial charge in [-0.3, -0.25) is 0 Å². The smallest absolute Gasteiger partial charge is 0.0791 e. The molecule has 0 aromatic carbocycles. The fourth-order valence-corrected chi connectivity index (χ4v) is 1.98. The van der Waals surface area contributed by atoms with Crippen molar-refractivity contribution in [2.75, 3.05) is 39.9 Å². The fraction of sp³-hybridized carbons (Fsp3) is 1.00. The molecule has 0 amide bonds. The molecule has 0 saturated carbocycles. The third-order valence-corrected chi connectivity index (χ3v) is 2.94. The summed E-state index contributed by atoms with van der Waals surface area (Å²) in [6.07, 6.45) is 1.91. The number of hydrogen-bond acceptors (Lipinski definition) is 4. The molecule has 1 unspecified atom stereocenters. The number of hydrogen-bond donors (Lipinski definition) is 2. The zero-order valence-corrected chi connectivity index (χ0v) is 9.91. The molecule has 0 aromatic rings. The number of nitrogens with zero attached hydrogens (tertiary/aromatic N) is 1. The summed E-state index contributed by atoms with van der Waals surface area (Å²) < 4.78 is 5.32. The molecule has 0 radical (unpaired) electrons. The van der Waals surface area contributed by atoms with Gasteiger partial charge in [-0.25, -0.2) is 0 Å². The molecule has 1 rings (SSSR count). The van der Waals surface area contributed by atoms with Crippen LogP contribution >= 0.6 is 0 Å². The average Bonchev–Trinajstić information content (AvgIpc) is 2.27. The van der Waals surface area contributed by atoms with Gasteiger partial charge in [0.25, 0.3) is 0 Å². The van der Waals surface area contributed by atoms with Crippen molar-refractivity contribution >= 4 is 0 Å². The summed E-state index contributed by atoms with van der Waals surface area (Å²) in [5.41, 5.74) is 0. The molecule has 1 atom stereocenters. The Morgan fingerprint density at radius 1 is 1.47 bits per heavy atom. The van der Waals surface area contributed by atoms with Crippen LogP contribution in [0, 0.1) is 0 Å².